The number of piperidine rings is 2. The fourth-order valence-electron chi connectivity index (χ4n) is 7.33. The van der Waals surface area contributed by atoms with Crippen LogP contribution in [0.25, 0.3) is 0 Å². The van der Waals surface area contributed by atoms with Crippen LogP contribution in [0.4, 0.5) is 30.2 Å². The lowest BCUT2D eigenvalue weighted by Crippen LogP contribution is -2.54. The van der Waals surface area contributed by atoms with Crippen LogP contribution in [0.5, 0.6) is 0 Å². The Hall–Kier alpha value is -4.99. The van der Waals surface area contributed by atoms with Gasteiger partial charge in [-0.3, -0.25) is 39.0 Å². The first-order valence-corrected chi connectivity index (χ1v) is 18.0. The van der Waals surface area contributed by atoms with Gasteiger partial charge >= 0.3 is 6.18 Å². The van der Waals surface area contributed by atoms with Gasteiger partial charge in [-0.15, -0.1) is 0 Å². The maximum Gasteiger partial charge on any atom is 0.416 e. The summed E-state index contributed by atoms with van der Waals surface area (Å²) >= 11 is 12.2. The number of nitrogens with one attached hydrogen (secondary N) is 3. The van der Waals surface area contributed by atoms with Crippen molar-refractivity contribution in [3.63, 3.8) is 0 Å². The molecule has 0 radical (unpaired) electrons. The van der Waals surface area contributed by atoms with Crippen molar-refractivity contribution in [1.29, 1.82) is 0 Å². The van der Waals surface area contributed by atoms with Gasteiger partial charge in [0.2, 0.25) is 17.7 Å². The van der Waals surface area contributed by atoms with E-state index in [1.54, 1.807) is 18.2 Å². The van der Waals surface area contributed by atoms with Crippen molar-refractivity contribution in [2.75, 3.05) is 48.3 Å². The molecule has 54 heavy (non-hydrogen) atoms. The first kappa shape index (κ1) is 37.3. The third-order valence-corrected chi connectivity index (χ3v) is 10.8. The van der Waals surface area contributed by atoms with Crippen LogP contribution in [0.3, 0.4) is 0 Å². The summed E-state index contributed by atoms with van der Waals surface area (Å²) in [5.74, 6) is -3.14. The van der Waals surface area contributed by atoms with E-state index in [0.29, 0.717) is 37.9 Å². The SMILES string of the molecule is O=C1CCC(N2C(=O)c3ccc(N4CC(CN5CCC(C(=O)Nc6ccc(Cl)cc6C(=O)Nc6ccc(C(F)(F)F)cc6Cl)CC5)C4)cc3C2=O)C(=O)N1. The number of carbonyl (C=O) groups excluding carboxylic acids is 6. The Bertz CT molecular complexity index is 2080. The Morgan fingerprint density at radius 2 is 1.54 bits per heavy atom. The van der Waals surface area contributed by atoms with Gasteiger partial charge in [0.25, 0.3) is 17.7 Å². The molecular formula is C37H33Cl2F3N6O6. The molecule has 4 heterocycles. The molecule has 0 aromatic heterocycles. The molecule has 6 amide bonds. The molecule has 1 unspecified atom stereocenters. The number of rotatable bonds is 8. The largest absolute Gasteiger partial charge is 0.416 e. The molecule has 3 aromatic carbocycles. The van der Waals surface area contributed by atoms with Crippen molar-refractivity contribution < 1.29 is 41.9 Å². The number of halogens is 5. The number of amides is 6. The highest BCUT2D eigenvalue weighted by atomic mass is 35.5. The number of imide groups is 2. The number of hydrogen-bond donors (Lipinski definition) is 3. The molecule has 12 nitrogen and oxygen atoms in total. The average Bonchev–Trinajstić information content (AvgIpc) is 3.35. The maximum atomic E-state index is 13.3. The Balaban J connectivity index is 0.896. The number of alkyl halides is 3. The van der Waals surface area contributed by atoms with E-state index in [9.17, 15) is 41.9 Å². The molecule has 0 aliphatic carbocycles. The van der Waals surface area contributed by atoms with Crippen LogP contribution >= 0.6 is 23.2 Å². The number of benzene rings is 3. The summed E-state index contributed by atoms with van der Waals surface area (Å²) < 4.78 is 39.2. The van der Waals surface area contributed by atoms with Gasteiger partial charge in [0.15, 0.2) is 0 Å². The lowest BCUT2D eigenvalue weighted by Gasteiger charge is -2.44. The van der Waals surface area contributed by atoms with E-state index in [-0.39, 0.29) is 62.8 Å². The molecule has 3 saturated heterocycles. The molecule has 4 aliphatic heterocycles. The molecule has 0 bridgehead atoms. The molecule has 282 valence electrons. The number of anilines is 3. The highest BCUT2D eigenvalue weighted by molar-refractivity contribution is 6.34. The summed E-state index contributed by atoms with van der Waals surface area (Å²) in [6, 6.07) is 11.0. The number of fused-ring (bicyclic) bond motifs is 1. The van der Waals surface area contributed by atoms with Crippen molar-refractivity contribution >= 4 is 75.7 Å². The van der Waals surface area contributed by atoms with Crippen molar-refractivity contribution in [2.45, 2.75) is 37.9 Å². The van der Waals surface area contributed by atoms with Crippen LogP contribution in [-0.4, -0.2) is 84.0 Å². The molecule has 7 rings (SSSR count). The summed E-state index contributed by atoms with van der Waals surface area (Å²) in [7, 11) is 0. The smallest absolute Gasteiger partial charge is 0.371 e. The molecule has 4 aliphatic rings. The summed E-state index contributed by atoms with van der Waals surface area (Å²) in [6.07, 6.45) is -3.29. The van der Waals surface area contributed by atoms with Crippen LogP contribution in [0.2, 0.25) is 10.0 Å². The third kappa shape index (κ3) is 7.52. The minimum absolute atomic E-state index is 0.0183. The van der Waals surface area contributed by atoms with Crippen LogP contribution in [0.15, 0.2) is 54.6 Å². The van der Waals surface area contributed by atoms with E-state index in [2.05, 4.69) is 25.8 Å². The molecular weight excluding hydrogens is 752 g/mol. The molecule has 1 atom stereocenters. The van der Waals surface area contributed by atoms with Gasteiger partial charge in [-0.25, -0.2) is 0 Å². The lowest BCUT2D eigenvalue weighted by atomic mass is 9.92. The standard InChI is InChI=1S/C37H33Cl2F3N6O6/c38-22-2-6-28(26(14-22)33(51)44-29-5-1-21(13-27(29)39)37(40,41)42)43-32(50)20-9-11-46(12-10-20)16-19-17-47(18-19)23-3-4-24-25(15-23)36(54)48(35(24)53)30-7-8-31(49)45-34(30)52/h1-6,13-15,19-20,30H,7-12,16-18H2,(H,43,50)(H,44,51)(H,45,49,52). The number of likely N-dealkylation sites (tertiary alicyclic amines) is 1. The number of carbonyl (C=O) groups is 6. The Morgan fingerprint density at radius 3 is 2.22 bits per heavy atom. The van der Waals surface area contributed by atoms with Crippen LogP contribution < -0.4 is 20.9 Å². The van der Waals surface area contributed by atoms with E-state index in [4.69, 9.17) is 23.2 Å². The van der Waals surface area contributed by atoms with E-state index in [0.717, 1.165) is 42.4 Å². The monoisotopic (exact) mass is 784 g/mol. The quantitative estimate of drug-likeness (QED) is 0.256. The Kier molecular flexibility index (Phi) is 10.1. The first-order chi connectivity index (χ1) is 25.7. The van der Waals surface area contributed by atoms with E-state index >= 15 is 0 Å². The molecule has 3 aromatic rings. The second-order valence-corrected chi connectivity index (χ2v) is 14.7. The van der Waals surface area contributed by atoms with Crippen LogP contribution in [0.1, 0.15) is 62.3 Å². The fraction of sp³-hybridized carbons (Fsp3) is 0.351. The van der Waals surface area contributed by atoms with Gasteiger partial charge in [-0.05, 0) is 86.9 Å². The number of hydrogen-bond acceptors (Lipinski definition) is 8. The lowest BCUT2D eigenvalue weighted by molar-refractivity contribution is -0.138. The predicted octanol–water partition coefficient (Wildman–Crippen LogP) is 5.45. The topological polar surface area (TPSA) is 148 Å². The van der Waals surface area contributed by atoms with Crippen molar-refractivity contribution in [1.82, 2.24) is 15.1 Å². The molecule has 3 N–H and O–H groups in total. The third-order valence-electron chi connectivity index (χ3n) is 10.2. The Morgan fingerprint density at radius 1 is 0.833 bits per heavy atom. The van der Waals surface area contributed by atoms with E-state index in [1.165, 1.54) is 18.2 Å². The van der Waals surface area contributed by atoms with Crippen LogP contribution in [0, 0.1) is 11.8 Å². The maximum absolute atomic E-state index is 13.3. The highest BCUT2D eigenvalue weighted by Gasteiger charge is 2.45. The van der Waals surface area contributed by atoms with E-state index < -0.39 is 47.3 Å². The highest BCUT2D eigenvalue weighted by Crippen LogP contribution is 2.36. The van der Waals surface area contributed by atoms with E-state index in [1.807, 2.05) is 0 Å². The average molecular weight is 786 g/mol. The minimum Gasteiger partial charge on any atom is -0.371 e. The van der Waals surface area contributed by atoms with Gasteiger partial charge < -0.3 is 20.4 Å². The van der Waals surface area contributed by atoms with Gasteiger partial charge in [-0.2, -0.15) is 13.2 Å². The summed E-state index contributed by atoms with van der Waals surface area (Å²) in [5, 5.41) is 7.43. The van der Waals surface area contributed by atoms with Gasteiger partial charge in [0.1, 0.15) is 6.04 Å². The van der Waals surface area contributed by atoms with Gasteiger partial charge in [-0.1, -0.05) is 23.2 Å². The second kappa shape index (κ2) is 14.7. The zero-order valence-corrected chi connectivity index (χ0v) is 30.0. The zero-order chi connectivity index (χ0) is 38.5. The molecule has 0 spiro atoms. The summed E-state index contributed by atoms with van der Waals surface area (Å²) in [6.45, 7) is 3.64. The fourth-order valence-corrected chi connectivity index (χ4v) is 7.73. The number of nitrogens with zero attached hydrogens (tertiary/aromatic N) is 3. The summed E-state index contributed by atoms with van der Waals surface area (Å²) in [4.78, 5) is 82.0. The normalized spacial score (nSPS) is 19.8. The first-order valence-electron chi connectivity index (χ1n) is 17.3. The Labute approximate surface area is 316 Å². The second-order valence-electron chi connectivity index (χ2n) is 13.8. The summed E-state index contributed by atoms with van der Waals surface area (Å²) in [5.41, 5.74) is 0.485. The van der Waals surface area contributed by atoms with Crippen molar-refractivity contribution in [3.05, 3.63) is 86.9 Å². The van der Waals surface area contributed by atoms with Crippen molar-refractivity contribution in [2.24, 2.45) is 11.8 Å². The molecule has 17 heteroatoms. The zero-order valence-electron chi connectivity index (χ0n) is 28.5. The molecule has 0 saturated carbocycles. The minimum atomic E-state index is -4.60. The molecule has 3 fully saturated rings. The van der Waals surface area contributed by atoms with Gasteiger partial charge in [0, 0.05) is 48.6 Å². The predicted molar refractivity (Wildman–Crippen MR) is 192 cm³/mol. The van der Waals surface area contributed by atoms with Crippen molar-refractivity contribution in [3.8, 4) is 0 Å². The van der Waals surface area contributed by atoms with Gasteiger partial charge in [0.05, 0.1) is 38.7 Å². The van der Waals surface area contributed by atoms with Crippen LogP contribution in [-0.2, 0) is 20.6 Å².